The summed E-state index contributed by atoms with van der Waals surface area (Å²) < 4.78 is 0.825. The number of rotatable bonds is 4. The van der Waals surface area contributed by atoms with E-state index in [2.05, 4.69) is 21.2 Å². The van der Waals surface area contributed by atoms with E-state index in [4.69, 9.17) is 16.7 Å². The van der Waals surface area contributed by atoms with Crippen molar-refractivity contribution in [2.75, 3.05) is 18.4 Å². The van der Waals surface area contributed by atoms with E-state index in [1.54, 1.807) is 23.1 Å². The average Bonchev–Trinajstić information content (AvgIpc) is 2.81. The number of amides is 1. The number of carbonyl (C=O) groups excluding carboxylic acids is 1. The van der Waals surface area contributed by atoms with Crippen LogP contribution in [0.2, 0.25) is 5.02 Å². The van der Waals surface area contributed by atoms with Crippen LogP contribution in [0.5, 0.6) is 0 Å². The highest BCUT2D eigenvalue weighted by atomic mass is 79.9. The van der Waals surface area contributed by atoms with Crippen LogP contribution in [0.15, 0.2) is 22.7 Å². The predicted molar refractivity (Wildman–Crippen MR) is 80.0 cm³/mol. The second kappa shape index (κ2) is 6.56. The zero-order valence-corrected chi connectivity index (χ0v) is 12.9. The number of carboxylic acid groups (broad SMARTS) is 1. The number of carboxylic acids is 1. The first-order valence-corrected chi connectivity index (χ1v) is 7.36. The van der Waals surface area contributed by atoms with Gasteiger partial charge in [0.05, 0.1) is 17.3 Å². The Kier molecular flexibility index (Phi) is 5.01. The number of carbonyl (C=O) groups is 2. The van der Waals surface area contributed by atoms with E-state index in [1.807, 2.05) is 0 Å². The smallest absolute Gasteiger partial charge is 0.320 e. The molecule has 1 saturated heterocycles. The fraction of sp³-hybridized carbons (Fsp3) is 0.385. The lowest BCUT2D eigenvalue weighted by Crippen LogP contribution is -2.40. The molecule has 0 saturated carbocycles. The molecule has 0 bridgehead atoms. The molecule has 1 aliphatic heterocycles. The minimum absolute atomic E-state index is 0.0589. The van der Waals surface area contributed by atoms with Crippen molar-refractivity contribution in [2.24, 2.45) is 0 Å². The van der Waals surface area contributed by atoms with E-state index in [-0.39, 0.29) is 12.5 Å². The minimum atomic E-state index is -0.878. The number of hydrogen-bond donors (Lipinski definition) is 2. The van der Waals surface area contributed by atoms with Crippen molar-refractivity contribution in [2.45, 2.75) is 18.9 Å². The maximum Gasteiger partial charge on any atom is 0.320 e. The Labute approximate surface area is 130 Å². The first-order valence-electron chi connectivity index (χ1n) is 6.19. The zero-order valence-electron chi connectivity index (χ0n) is 10.6. The Bertz CT molecular complexity index is 538. The normalized spacial score (nSPS) is 19.0. The van der Waals surface area contributed by atoms with Gasteiger partial charge in [-0.25, -0.2) is 0 Å². The number of nitrogens with one attached hydrogen (secondary N) is 1. The third-order valence-corrected chi connectivity index (χ3v) is 4.01. The van der Waals surface area contributed by atoms with Gasteiger partial charge in [0.15, 0.2) is 0 Å². The number of hydrogen-bond acceptors (Lipinski definition) is 3. The van der Waals surface area contributed by atoms with E-state index in [0.29, 0.717) is 23.7 Å². The highest BCUT2D eigenvalue weighted by Crippen LogP contribution is 2.25. The molecule has 108 valence electrons. The van der Waals surface area contributed by atoms with Crippen molar-refractivity contribution in [3.8, 4) is 0 Å². The van der Waals surface area contributed by atoms with Crippen molar-refractivity contribution in [3.63, 3.8) is 0 Å². The third kappa shape index (κ3) is 3.71. The van der Waals surface area contributed by atoms with Crippen LogP contribution in [0.3, 0.4) is 0 Å². The van der Waals surface area contributed by atoms with E-state index >= 15 is 0 Å². The van der Waals surface area contributed by atoms with Crippen LogP contribution in [0.25, 0.3) is 0 Å². The number of halogens is 2. The molecule has 1 atom stereocenters. The fourth-order valence-electron chi connectivity index (χ4n) is 2.26. The molecule has 0 aliphatic carbocycles. The molecule has 1 heterocycles. The molecule has 0 aromatic heterocycles. The van der Waals surface area contributed by atoms with Gasteiger partial charge in [-0.2, -0.15) is 0 Å². The molecule has 2 N–H and O–H groups in total. The largest absolute Gasteiger partial charge is 0.480 e. The summed E-state index contributed by atoms with van der Waals surface area (Å²) in [5.41, 5.74) is 0.519. The number of benzene rings is 1. The van der Waals surface area contributed by atoms with Crippen LogP contribution in [0.4, 0.5) is 5.69 Å². The van der Waals surface area contributed by atoms with Crippen molar-refractivity contribution in [3.05, 3.63) is 27.7 Å². The summed E-state index contributed by atoms with van der Waals surface area (Å²) in [5, 5.41) is 12.2. The molecule has 1 aromatic rings. The van der Waals surface area contributed by atoms with Crippen LogP contribution in [-0.2, 0) is 9.59 Å². The molecular weight excluding hydrogens is 348 g/mol. The summed E-state index contributed by atoms with van der Waals surface area (Å²) in [6.07, 6.45) is 1.38. The Morgan fingerprint density at radius 2 is 2.25 bits per heavy atom. The second-order valence-corrected chi connectivity index (χ2v) is 5.96. The van der Waals surface area contributed by atoms with Gasteiger partial charge in [0.1, 0.15) is 6.04 Å². The summed E-state index contributed by atoms with van der Waals surface area (Å²) >= 11 is 9.30. The standard InChI is InChI=1S/C13H14BrClN2O3/c14-8-3-4-10(9(15)6-8)16-12(18)7-17-5-1-2-11(17)13(19)20/h3-4,6,11H,1-2,5,7H2,(H,16,18)(H,19,20)/t11-/m0/s1. The Morgan fingerprint density at radius 1 is 1.50 bits per heavy atom. The summed E-state index contributed by atoms with van der Waals surface area (Å²) in [4.78, 5) is 24.7. The first kappa shape index (κ1) is 15.3. The van der Waals surface area contributed by atoms with Gasteiger partial charge in [-0.3, -0.25) is 14.5 Å². The van der Waals surface area contributed by atoms with Crippen molar-refractivity contribution in [1.29, 1.82) is 0 Å². The predicted octanol–water partition coefficient (Wildman–Crippen LogP) is 2.59. The Hall–Kier alpha value is -1.11. The highest BCUT2D eigenvalue weighted by Gasteiger charge is 2.31. The summed E-state index contributed by atoms with van der Waals surface area (Å²) in [6, 6.07) is 4.59. The van der Waals surface area contributed by atoms with Crippen LogP contribution < -0.4 is 5.32 Å². The van der Waals surface area contributed by atoms with E-state index < -0.39 is 12.0 Å². The number of aliphatic carboxylic acids is 1. The molecule has 1 aromatic carbocycles. The van der Waals surface area contributed by atoms with Crippen molar-refractivity contribution >= 4 is 45.1 Å². The Morgan fingerprint density at radius 3 is 2.90 bits per heavy atom. The quantitative estimate of drug-likeness (QED) is 0.865. The van der Waals surface area contributed by atoms with E-state index in [1.165, 1.54) is 0 Å². The minimum Gasteiger partial charge on any atom is -0.480 e. The highest BCUT2D eigenvalue weighted by molar-refractivity contribution is 9.10. The SMILES string of the molecule is O=C(CN1CCC[C@H]1C(=O)O)Nc1ccc(Br)cc1Cl. The van der Waals surface area contributed by atoms with Gasteiger partial charge >= 0.3 is 5.97 Å². The lowest BCUT2D eigenvalue weighted by molar-refractivity contribution is -0.142. The first-order chi connectivity index (χ1) is 9.47. The lowest BCUT2D eigenvalue weighted by atomic mass is 10.2. The number of likely N-dealkylation sites (tertiary alicyclic amines) is 1. The molecule has 5 nitrogen and oxygen atoms in total. The molecule has 0 spiro atoms. The monoisotopic (exact) mass is 360 g/mol. The molecule has 2 rings (SSSR count). The number of anilines is 1. The molecule has 1 fully saturated rings. The molecule has 0 unspecified atom stereocenters. The third-order valence-electron chi connectivity index (χ3n) is 3.20. The van der Waals surface area contributed by atoms with Gasteiger partial charge in [0.2, 0.25) is 5.91 Å². The van der Waals surface area contributed by atoms with Gasteiger partial charge < -0.3 is 10.4 Å². The van der Waals surface area contributed by atoms with Crippen molar-refractivity contribution in [1.82, 2.24) is 4.90 Å². The molecule has 1 amide bonds. The molecule has 20 heavy (non-hydrogen) atoms. The van der Waals surface area contributed by atoms with Gasteiger partial charge in [0, 0.05) is 4.47 Å². The summed E-state index contributed by atoms with van der Waals surface area (Å²) in [7, 11) is 0. The summed E-state index contributed by atoms with van der Waals surface area (Å²) in [6.45, 7) is 0.682. The van der Waals surface area contributed by atoms with Crippen LogP contribution in [-0.4, -0.2) is 41.0 Å². The summed E-state index contributed by atoms with van der Waals surface area (Å²) in [5.74, 6) is -1.14. The molecule has 0 radical (unpaired) electrons. The maximum absolute atomic E-state index is 12.0. The second-order valence-electron chi connectivity index (χ2n) is 4.64. The van der Waals surface area contributed by atoms with Gasteiger partial charge in [0.25, 0.3) is 0 Å². The molecular formula is C13H14BrClN2O3. The van der Waals surface area contributed by atoms with Gasteiger partial charge in [-0.05, 0) is 37.6 Å². The van der Waals surface area contributed by atoms with Crippen molar-refractivity contribution < 1.29 is 14.7 Å². The fourth-order valence-corrected chi connectivity index (χ4v) is 2.98. The zero-order chi connectivity index (χ0) is 14.7. The average molecular weight is 362 g/mol. The van der Waals surface area contributed by atoms with Crippen LogP contribution in [0.1, 0.15) is 12.8 Å². The molecule has 7 heteroatoms. The van der Waals surface area contributed by atoms with Gasteiger partial charge in [-0.1, -0.05) is 27.5 Å². The lowest BCUT2D eigenvalue weighted by Gasteiger charge is -2.20. The van der Waals surface area contributed by atoms with E-state index in [9.17, 15) is 9.59 Å². The molecule has 1 aliphatic rings. The topological polar surface area (TPSA) is 69.6 Å². The maximum atomic E-state index is 12.0. The van der Waals surface area contributed by atoms with Crippen LogP contribution >= 0.6 is 27.5 Å². The Balaban J connectivity index is 1.97. The van der Waals surface area contributed by atoms with Crippen LogP contribution in [0, 0.1) is 0 Å². The van der Waals surface area contributed by atoms with Gasteiger partial charge in [-0.15, -0.1) is 0 Å². The van der Waals surface area contributed by atoms with E-state index in [0.717, 1.165) is 10.9 Å². The number of nitrogens with zero attached hydrogens (tertiary/aromatic N) is 1.